The molecule has 1 N–H and O–H groups in total. The van der Waals surface area contributed by atoms with Crippen LogP contribution in [0, 0.1) is 11.3 Å². The van der Waals surface area contributed by atoms with Gasteiger partial charge in [0.2, 0.25) is 5.56 Å². The molecule has 2 unspecified atom stereocenters. The second-order valence-electron chi connectivity index (χ2n) is 5.63. The average molecular weight is 296 g/mol. The highest BCUT2D eigenvalue weighted by molar-refractivity contribution is 7.32. The van der Waals surface area contributed by atoms with Gasteiger partial charge in [-0.1, -0.05) is 49.2 Å². The molecule has 0 spiro atoms. The number of carbonyl (C=O) groups excluding carboxylic acids is 1. The SMILES string of the molecule is CC(C)(CC(=O)C(Cl)O[P+](=O)O)C1CCCCC1. The van der Waals surface area contributed by atoms with E-state index in [4.69, 9.17) is 16.5 Å². The monoisotopic (exact) mass is 295 g/mol. The van der Waals surface area contributed by atoms with Crippen molar-refractivity contribution >= 4 is 25.6 Å². The first-order chi connectivity index (χ1) is 8.33. The number of carbonyl (C=O) groups is 1. The van der Waals surface area contributed by atoms with Gasteiger partial charge < -0.3 is 0 Å². The highest BCUT2D eigenvalue weighted by Crippen LogP contribution is 2.41. The van der Waals surface area contributed by atoms with Gasteiger partial charge in [-0.2, -0.15) is 0 Å². The fraction of sp³-hybridized carbons (Fsp3) is 0.917. The summed E-state index contributed by atoms with van der Waals surface area (Å²) in [4.78, 5) is 20.4. The van der Waals surface area contributed by atoms with Gasteiger partial charge in [-0.05, 0) is 24.2 Å². The summed E-state index contributed by atoms with van der Waals surface area (Å²) in [5.74, 6) is 0.201. The van der Waals surface area contributed by atoms with Crippen molar-refractivity contribution in [1.29, 1.82) is 0 Å². The van der Waals surface area contributed by atoms with Gasteiger partial charge in [-0.15, -0.1) is 4.89 Å². The predicted molar refractivity (Wildman–Crippen MR) is 70.5 cm³/mol. The fourth-order valence-corrected chi connectivity index (χ4v) is 3.25. The fourth-order valence-electron chi connectivity index (χ4n) is 2.70. The van der Waals surface area contributed by atoms with E-state index in [9.17, 15) is 9.36 Å². The van der Waals surface area contributed by atoms with E-state index in [1.165, 1.54) is 19.3 Å². The summed E-state index contributed by atoms with van der Waals surface area (Å²) in [7, 11) is -2.83. The van der Waals surface area contributed by atoms with E-state index in [0.717, 1.165) is 12.8 Å². The topological polar surface area (TPSA) is 63.6 Å². The van der Waals surface area contributed by atoms with E-state index >= 15 is 0 Å². The molecule has 0 radical (unpaired) electrons. The normalized spacial score (nSPS) is 20.6. The summed E-state index contributed by atoms with van der Waals surface area (Å²) in [6.45, 7) is 4.12. The van der Waals surface area contributed by atoms with Crippen LogP contribution < -0.4 is 0 Å². The van der Waals surface area contributed by atoms with Gasteiger partial charge in [0.05, 0.1) is 0 Å². The molecule has 6 heteroatoms. The molecular formula is C12H21ClO4P+. The highest BCUT2D eigenvalue weighted by Gasteiger charge is 2.36. The minimum Gasteiger partial charge on any atom is -0.295 e. The molecule has 1 saturated carbocycles. The smallest absolute Gasteiger partial charge is 0.295 e. The highest BCUT2D eigenvalue weighted by atomic mass is 35.5. The van der Waals surface area contributed by atoms with Crippen LogP contribution in [0.4, 0.5) is 0 Å². The predicted octanol–water partition coefficient (Wildman–Crippen LogP) is 3.78. The van der Waals surface area contributed by atoms with E-state index in [1.807, 2.05) is 0 Å². The first-order valence-electron chi connectivity index (χ1n) is 6.32. The minimum absolute atomic E-state index is 0.130. The molecule has 0 aromatic heterocycles. The number of hydrogen-bond donors (Lipinski definition) is 1. The molecule has 0 bridgehead atoms. The number of hydrogen-bond acceptors (Lipinski definition) is 3. The first-order valence-corrected chi connectivity index (χ1v) is 7.89. The van der Waals surface area contributed by atoms with Crippen LogP contribution in [-0.4, -0.2) is 16.2 Å². The van der Waals surface area contributed by atoms with Crippen molar-refractivity contribution < 1.29 is 18.8 Å². The standard InChI is InChI=1S/C12H20ClO4P/c1-12(2,9-6-4-3-5-7-9)8-10(14)11(13)17-18(15)16/h9,11H,3-8H2,1-2H3/p+1. The molecule has 0 aromatic carbocycles. The maximum atomic E-state index is 11.8. The summed E-state index contributed by atoms with van der Waals surface area (Å²) in [5, 5.41) is 0. The Morgan fingerprint density at radius 2 is 2.00 bits per heavy atom. The zero-order chi connectivity index (χ0) is 13.8. The molecule has 104 valence electrons. The van der Waals surface area contributed by atoms with Gasteiger partial charge in [-0.3, -0.25) is 4.79 Å². The van der Waals surface area contributed by atoms with Crippen LogP contribution in [0.5, 0.6) is 0 Å². The Labute approximate surface area is 114 Å². The molecule has 1 aliphatic rings. The molecule has 1 rings (SSSR count). The van der Waals surface area contributed by atoms with Crippen molar-refractivity contribution in [3.05, 3.63) is 0 Å². The second kappa shape index (κ2) is 6.95. The largest absolute Gasteiger partial charge is 0.696 e. The van der Waals surface area contributed by atoms with Crippen molar-refractivity contribution in [1.82, 2.24) is 0 Å². The maximum absolute atomic E-state index is 11.8. The lowest BCUT2D eigenvalue weighted by Crippen LogP contribution is -2.31. The Morgan fingerprint density at radius 1 is 1.44 bits per heavy atom. The molecule has 1 aliphatic carbocycles. The third-order valence-corrected chi connectivity index (χ3v) is 4.62. The number of Topliss-reactive ketones (excluding diaryl/α,β-unsaturated/α-hetero) is 1. The van der Waals surface area contributed by atoms with Crippen molar-refractivity contribution in [2.75, 3.05) is 0 Å². The maximum Gasteiger partial charge on any atom is 0.696 e. The average Bonchev–Trinajstić information content (AvgIpc) is 2.28. The quantitative estimate of drug-likeness (QED) is 0.598. The Morgan fingerprint density at radius 3 is 2.50 bits per heavy atom. The molecule has 0 amide bonds. The van der Waals surface area contributed by atoms with Crippen LogP contribution in [0.1, 0.15) is 52.4 Å². The number of alkyl halides is 1. The van der Waals surface area contributed by atoms with Crippen LogP contribution in [0.3, 0.4) is 0 Å². The summed E-state index contributed by atoms with van der Waals surface area (Å²) in [5.41, 5.74) is -1.45. The van der Waals surface area contributed by atoms with E-state index < -0.39 is 13.8 Å². The second-order valence-corrected chi connectivity index (χ2v) is 6.71. The van der Waals surface area contributed by atoms with Crippen molar-refractivity contribution in [2.24, 2.45) is 11.3 Å². The summed E-state index contributed by atoms with van der Waals surface area (Å²) in [6.07, 6.45) is 6.27. The molecule has 18 heavy (non-hydrogen) atoms. The molecular weight excluding hydrogens is 275 g/mol. The van der Waals surface area contributed by atoms with Gasteiger partial charge in [0, 0.05) is 11.0 Å². The summed E-state index contributed by atoms with van der Waals surface area (Å²) >= 11 is 5.66. The lowest BCUT2D eigenvalue weighted by Gasteiger charge is -2.36. The van der Waals surface area contributed by atoms with Gasteiger partial charge >= 0.3 is 8.25 Å². The van der Waals surface area contributed by atoms with Gasteiger partial charge in [-0.25, -0.2) is 0 Å². The van der Waals surface area contributed by atoms with E-state index in [2.05, 4.69) is 18.4 Å². The van der Waals surface area contributed by atoms with E-state index in [1.54, 1.807) is 0 Å². The third kappa shape index (κ3) is 4.93. The number of rotatable bonds is 6. The van der Waals surface area contributed by atoms with Gasteiger partial charge in [0.1, 0.15) is 0 Å². The Kier molecular flexibility index (Phi) is 6.19. The van der Waals surface area contributed by atoms with Crippen molar-refractivity contribution in [3.8, 4) is 0 Å². The zero-order valence-corrected chi connectivity index (χ0v) is 12.5. The van der Waals surface area contributed by atoms with Crippen LogP contribution in [0.2, 0.25) is 0 Å². The summed E-state index contributed by atoms with van der Waals surface area (Å²) < 4.78 is 14.9. The number of ketones is 1. The van der Waals surface area contributed by atoms with Crippen LogP contribution in [0.25, 0.3) is 0 Å². The molecule has 0 saturated heterocycles. The van der Waals surface area contributed by atoms with Gasteiger partial charge in [0.25, 0.3) is 0 Å². The Bertz CT molecular complexity index is 313. The van der Waals surface area contributed by atoms with Crippen molar-refractivity contribution in [3.63, 3.8) is 0 Å². The minimum atomic E-state index is -2.83. The van der Waals surface area contributed by atoms with Crippen molar-refractivity contribution in [2.45, 2.75) is 57.9 Å². The molecule has 0 aliphatic heterocycles. The molecule has 1 fully saturated rings. The lowest BCUT2D eigenvalue weighted by atomic mass is 9.69. The Balaban J connectivity index is 2.52. The summed E-state index contributed by atoms with van der Waals surface area (Å²) in [6, 6.07) is 0. The zero-order valence-electron chi connectivity index (χ0n) is 10.9. The first kappa shape index (κ1) is 16.0. The number of halogens is 1. The lowest BCUT2D eigenvalue weighted by molar-refractivity contribution is -0.125. The van der Waals surface area contributed by atoms with E-state index in [-0.39, 0.29) is 17.6 Å². The van der Waals surface area contributed by atoms with E-state index in [0.29, 0.717) is 5.92 Å². The molecule has 0 aromatic rings. The molecule has 4 nitrogen and oxygen atoms in total. The Hall–Kier alpha value is -0.0200. The van der Waals surface area contributed by atoms with Crippen LogP contribution in [-0.2, 0) is 13.9 Å². The molecule has 2 atom stereocenters. The third-order valence-electron chi connectivity index (χ3n) is 3.78. The van der Waals surface area contributed by atoms with Gasteiger partial charge in [0.15, 0.2) is 5.78 Å². The van der Waals surface area contributed by atoms with Crippen LogP contribution >= 0.6 is 19.9 Å². The molecule has 0 heterocycles. The van der Waals surface area contributed by atoms with Crippen LogP contribution in [0.15, 0.2) is 0 Å².